The lowest BCUT2D eigenvalue weighted by atomic mass is 10.2. The smallest absolute Gasteiger partial charge is 0.145 e. The molecule has 3 nitrogen and oxygen atoms in total. The molecule has 2 rings (SSSR count). The SMILES string of the molecule is N#Cc1cc(F)ccc1Oc1ccc(O)cc1. The zero-order chi connectivity index (χ0) is 12.3. The Kier molecular flexibility index (Phi) is 2.93. The zero-order valence-corrected chi connectivity index (χ0v) is 8.72. The lowest BCUT2D eigenvalue weighted by Gasteiger charge is -2.07. The number of hydrogen-bond acceptors (Lipinski definition) is 3. The Morgan fingerprint density at radius 2 is 1.82 bits per heavy atom. The van der Waals surface area contributed by atoms with E-state index in [1.165, 1.54) is 24.3 Å². The summed E-state index contributed by atoms with van der Waals surface area (Å²) in [6.45, 7) is 0. The summed E-state index contributed by atoms with van der Waals surface area (Å²) in [5.74, 6) is 0.377. The minimum Gasteiger partial charge on any atom is -0.508 e. The molecular weight excluding hydrogens is 221 g/mol. The van der Waals surface area contributed by atoms with Crippen LogP contribution < -0.4 is 4.74 Å². The van der Waals surface area contributed by atoms with Crippen LogP contribution in [0, 0.1) is 17.1 Å². The summed E-state index contributed by atoms with van der Waals surface area (Å²) in [7, 11) is 0. The van der Waals surface area contributed by atoms with Gasteiger partial charge < -0.3 is 9.84 Å². The summed E-state index contributed by atoms with van der Waals surface area (Å²) in [6, 6.07) is 11.6. The molecule has 0 amide bonds. The van der Waals surface area contributed by atoms with Crippen LogP contribution in [0.3, 0.4) is 0 Å². The fourth-order valence-corrected chi connectivity index (χ4v) is 1.32. The van der Waals surface area contributed by atoms with Crippen molar-refractivity contribution >= 4 is 0 Å². The van der Waals surface area contributed by atoms with Crippen LogP contribution in [0.4, 0.5) is 4.39 Å². The molecule has 0 spiro atoms. The van der Waals surface area contributed by atoms with Gasteiger partial charge in [0.05, 0.1) is 5.56 Å². The van der Waals surface area contributed by atoms with Gasteiger partial charge in [0.1, 0.15) is 29.1 Å². The minimum absolute atomic E-state index is 0.122. The van der Waals surface area contributed by atoms with Gasteiger partial charge in [-0.1, -0.05) is 0 Å². The van der Waals surface area contributed by atoms with Gasteiger partial charge in [-0.2, -0.15) is 5.26 Å². The standard InChI is InChI=1S/C13H8FNO2/c14-10-1-6-13(9(7-10)8-15)17-12-4-2-11(16)3-5-12/h1-7,16H. The number of aromatic hydroxyl groups is 1. The van der Waals surface area contributed by atoms with Crippen LogP contribution >= 0.6 is 0 Å². The number of hydrogen-bond donors (Lipinski definition) is 1. The van der Waals surface area contributed by atoms with Crippen molar-refractivity contribution in [2.75, 3.05) is 0 Å². The number of nitriles is 1. The van der Waals surface area contributed by atoms with E-state index in [2.05, 4.69) is 0 Å². The van der Waals surface area contributed by atoms with Gasteiger partial charge in [0.25, 0.3) is 0 Å². The van der Waals surface area contributed by atoms with Gasteiger partial charge in [0, 0.05) is 0 Å². The van der Waals surface area contributed by atoms with Crippen molar-refractivity contribution in [3.8, 4) is 23.3 Å². The molecule has 1 N–H and O–H groups in total. The summed E-state index contributed by atoms with van der Waals surface area (Å²) in [4.78, 5) is 0. The number of phenols is 1. The fraction of sp³-hybridized carbons (Fsp3) is 0. The molecule has 0 heterocycles. The molecule has 0 atom stereocenters. The Morgan fingerprint density at radius 1 is 1.12 bits per heavy atom. The highest BCUT2D eigenvalue weighted by Crippen LogP contribution is 2.26. The molecule has 17 heavy (non-hydrogen) atoms. The van der Waals surface area contributed by atoms with Crippen molar-refractivity contribution in [1.82, 2.24) is 0 Å². The van der Waals surface area contributed by atoms with E-state index >= 15 is 0 Å². The summed E-state index contributed by atoms with van der Waals surface area (Å²) < 4.78 is 18.3. The average molecular weight is 229 g/mol. The van der Waals surface area contributed by atoms with Gasteiger partial charge in [-0.3, -0.25) is 0 Å². The summed E-state index contributed by atoms with van der Waals surface area (Å²) >= 11 is 0. The third-order valence-electron chi connectivity index (χ3n) is 2.13. The molecule has 0 saturated heterocycles. The zero-order valence-electron chi connectivity index (χ0n) is 8.72. The van der Waals surface area contributed by atoms with Crippen LogP contribution in [0.25, 0.3) is 0 Å². The maximum atomic E-state index is 12.9. The number of benzene rings is 2. The maximum Gasteiger partial charge on any atom is 0.145 e. The number of phenolic OH excluding ortho intramolecular Hbond substituents is 1. The summed E-state index contributed by atoms with van der Waals surface area (Å²) in [5, 5.41) is 17.9. The molecule has 0 aromatic heterocycles. The Labute approximate surface area is 97.3 Å². The van der Waals surface area contributed by atoms with E-state index in [1.54, 1.807) is 12.1 Å². The van der Waals surface area contributed by atoms with Crippen LogP contribution in [0.5, 0.6) is 17.2 Å². The van der Waals surface area contributed by atoms with Crippen LogP contribution in [0.15, 0.2) is 42.5 Å². The van der Waals surface area contributed by atoms with Crippen LogP contribution in [-0.4, -0.2) is 5.11 Å². The van der Waals surface area contributed by atoms with Crippen LogP contribution in [-0.2, 0) is 0 Å². The largest absolute Gasteiger partial charge is 0.508 e. The van der Waals surface area contributed by atoms with Gasteiger partial charge in [-0.05, 0) is 42.5 Å². The van der Waals surface area contributed by atoms with Crippen molar-refractivity contribution in [3.05, 3.63) is 53.8 Å². The predicted octanol–water partition coefficient (Wildman–Crippen LogP) is 3.20. The molecule has 0 saturated carbocycles. The maximum absolute atomic E-state index is 12.9. The number of ether oxygens (including phenoxy) is 1. The van der Waals surface area contributed by atoms with E-state index in [0.717, 1.165) is 6.07 Å². The molecule has 0 unspecified atom stereocenters. The predicted molar refractivity (Wildman–Crippen MR) is 59.3 cm³/mol. The third-order valence-corrected chi connectivity index (χ3v) is 2.13. The second-order valence-electron chi connectivity index (χ2n) is 3.35. The molecule has 84 valence electrons. The Morgan fingerprint density at radius 3 is 2.47 bits per heavy atom. The molecule has 0 aliphatic rings. The van der Waals surface area contributed by atoms with Crippen molar-refractivity contribution in [2.24, 2.45) is 0 Å². The Hall–Kier alpha value is -2.54. The molecule has 2 aromatic rings. The van der Waals surface area contributed by atoms with Crippen LogP contribution in [0.1, 0.15) is 5.56 Å². The van der Waals surface area contributed by atoms with E-state index in [9.17, 15) is 4.39 Å². The number of halogens is 1. The van der Waals surface area contributed by atoms with Gasteiger partial charge in [0.2, 0.25) is 0 Å². The molecule has 0 bridgehead atoms. The highest BCUT2D eigenvalue weighted by atomic mass is 19.1. The first-order valence-electron chi connectivity index (χ1n) is 4.85. The van der Waals surface area contributed by atoms with Crippen molar-refractivity contribution in [1.29, 1.82) is 5.26 Å². The van der Waals surface area contributed by atoms with Crippen LogP contribution in [0.2, 0.25) is 0 Å². The van der Waals surface area contributed by atoms with E-state index in [0.29, 0.717) is 5.75 Å². The van der Waals surface area contributed by atoms with E-state index < -0.39 is 5.82 Å². The van der Waals surface area contributed by atoms with Gasteiger partial charge in [0.15, 0.2) is 0 Å². The molecule has 4 heteroatoms. The first-order chi connectivity index (χ1) is 8.19. The quantitative estimate of drug-likeness (QED) is 0.860. The second kappa shape index (κ2) is 4.54. The summed E-state index contributed by atoms with van der Waals surface area (Å²) in [6.07, 6.45) is 0. The average Bonchev–Trinajstić information content (AvgIpc) is 2.34. The summed E-state index contributed by atoms with van der Waals surface area (Å²) in [5.41, 5.74) is 0.123. The molecular formula is C13H8FNO2. The second-order valence-corrected chi connectivity index (χ2v) is 3.35. The monoisotopic (exact) mass is 229 g/mol. The highest BCUT2D eigenvalue weighted by molar-refractivity contribution is 5.45. The van der Waals surface area contributed by atoms with E-state index in [-0.39, 0.29) is 17.1 Å². The molecule has 0 fully saturated rings. The fourth-order valence-electron chi connectivity index (χ4n) is 1.32. The van der Waals surface area contributed by atoms with Crippen molar-refractivity contribution in [3.63, 3.8) is 0 Å². The van der Waals surface area contributed by atoms with E-state index in [4.69, 9.17) is 15.1 Å². The Bertz CT molecular complexity index is 573. The minimum atomic E-state index is -0.486. The molecule has 0 radical (unpaired) electrons. The van der Waals surface area contributed by atoms with Gasteiger partial charge in [-0.15, -0.1) is 0 Å². The van der Waals surface area contributed by atoms with Crippen molar-refractivity contribution in [2.45, 2.75) is 0 Å². The topological polar surface area (TPSA) is 53.2 Å². The first-order valence-corrected chi connectivity index (χ1v) is 4.85. The molecule has 0 aliphatic heterocycles. The first kappa shape index (κ1) is 11.0. The lowest BCUT2D eigenvalue weighted by Crippen LogP contribution is -1.89. The number of rotatable bonds is 2. The molecule has 2 aromatic carbocycles. The highest BCUT2D eigenvalue weighted by Gasteiger charge is 2.06. The third kappa shape index (κ3) is 2.52. The van der Waals surface area contributed by atoms with Gasteiger partial charge >= 0.3 is 0 Å². The Balaban J connectivity index is 2.30. The molecule has 0 aliphatic carbocycles. The van der Waals surface area contributed by atoms with Gasteiger partial charge in [-0.25, -0.2) is 4.39 Å². The lowest BCUT2D eigenvalue weighted by molar-refractivity contribution is 0.463. The van der Waals surface area contributed by atoms with E-state index in [1.807, 2.05) is 6.07 Å². The number of nitrogens with zero attached hydrogens (tertiary/aromatic N) is 1. The normalized spacial score (nSPS) is 9.65. The van der Waals surface area contributed by atoms with Crippen molar-refractivity contribution < 1.29 is 14.2 Å².